The van der Waals surface area contributed by atoms with E-state index in [9.17, 15) is 0 Å². The first-order valence-electron chi connectivity index (χ1n) is 6.04. The second-order valence-corrected chi connectivity index (χ2v) is 4.16. The molecule has 4 heteroatoms. The molecule has 0 amide bonds. The van der Waals surface area contributed by atoms with Gasteiger partial charge in [0.05, 0.1) is 5.56 Å². The Balaban J connectivity index is 1.98. The van der Waals surface area contributed by atoms with E-state index in [4.69, 9.17) is 4.74 Å². The van der Waals surface area contributed by atoms with E-state index in [-0.39, 0.29) is 0 Å². The van der Waals surface area contributed by atoms with Crippen LogP contribution < -0.4 is 4.74 Å². The van der Waals surface area contributed by atoms with Crippen molar-refractivity contribution in [3.05, 3.63) is 60.4 Å². The van der Waals surface area contributed by atoms with Gasteiger partial charge in [0, 0.05) is 0 Å². The smallest absolute Gasteiger partial charge is 0.184 e. The molecule has 1 aromatic heterocycles. The molecule has 94 valence electrons. The first-order chi connectivity index (χ1) is 9.33. The summed E-state index contributed by atoms with van der Waals surface area (Å²) >= 11 is 0. The second-order valence-electron chi connectivity index (χ2n) is 4.16. The maximum Gasteiger partial charge on any atom is 0.184 e. The summed E-state index contributed by atoms with van der Waals surface area (Å²) in [6.45, 7) is 1.87. The van der Waals surface area contributed by atoms with Gasteiger partial charge in [-0.15, -0.1) is 0 Å². The van der Waals surface area contributed by atoms with Crippen molar-refractivity contribution in [2.75, 3.05) is 0 Å². The molecule has 0 aliphatic rings. The van der Waals surface area contributed by atoms with Crippen LogP contribution >= 0.6 is 0 Å². The molecule has 0 fully saturated rings. The van der Waals surface area contributed by atoms with Crippen molar-refractivity contribution in [3.63, 3.8) is 0 Å². The van der Waals surface area contributed by atoms with Crippen LogP contribution in [0.25, 0.3) is 11.4 Å². The number of rotatable bonds is 3. The van der Waals surface area contributed by atoms with Gasteiger partial charge in [-0.25, -0.2) is 4.98 Å². The number of hydrogen-bond donors (Lipinski definition) is 1. The number of aromatic nitrogens is 3. The van der Waals surface area contributed by atoms with E-state index in [0.717, 1.165) is 22.9 Å². The van der Waals surface area contributed by atoms with Gasteiger partial charge < -0.3 is 4.74 Å². The summed E-state index contributed by atoms with van der Waals surface area (Å²) in [6.07, 6.45) is 0. The van der Waals surface area contributed by atoms with E-state index in [1.54, 1.807) is 0 Å². The minimum atomic E-state index is 0.643. The number of nitrogens with zero attached hydrogens (tertiary/aromatic N) is 2. The fourth-order valence-electron chi connectivity index (χ4n) is 1.82. The summed E-state index contributed by atoms with van der Waals surface area (Å²) in [5.41, 5.74) is 0.871. The minimum absolute atomic E-state index is 0.643. The monoisotopic (exact) mass is 251 g/mol. The summed E-state index contributed by atoms with van der Waals surface area (Å²) in [6, 6.07) is 17.4. The van der Waals surface area contributed by atoms with Crippen molar-refractivity contribution in [1.82, 2.24) is 15.2 Å². The van der Waals surface area contributed by atoms with Gasteiger partial charge in [0.2, 0.25) is 0 Å². The molecule has 1 N–H and O–H groups in total. The summed E-state index contributed by atoms with van der Waals surface area (Å²) in [7, 11) is 0. The van der Waals surface area contributed by atoms with Crippen LogP contribution in [0.2, 0.25) is 0 Å². The lowest BCUT2D eigenvalue weighted by atomic mass is 10.2. The lowest BCUT2D eigenvalue weighted by Crippen LogP contribution is -1.89. The molecule has 0 spiro atoms. The molecule has 0 radical (unpaired) electrons. The summed E-state index contributed by atoms with van der Waals surface area (Å²) in [4.78, 5) is 4.34. The van der Waals surface area contributed by atoms with Crippen molar-refractivity contribution in [2.45, 2.75) is 6.92 Å². The van der Waals surface area contributed by atoms with Gasteiger partial charge in [0.15, 0.2) is 5.82 Å². The number of aromatic amines is 1. The van der Waals surface area contributed by atoms with Crippen LogP contribution in [-0.2, 0) is 0 Å². The Kier molecular flexibility index (Phi) is 2.98. The molecule has 4 nitrogen and oxygen atoms in total. The van der Waals surface area contributed by atoms with Gasteiger partial charge in [-0.05, 0) is 31.2 Å². The van der Waals surface area contributed by atoms with E-state index >= 15 is 0 Å². The molecule has 3 aromatic rings. The summed E-state index contributed by atoms with van der Waals surface area (Å²) in [5, 5.41) is 7.01. The Morgan fingerprint density at radius 3 is 2.42 bits per heavy atom. The van der Waals surface area contributed by atoms with Crippen molar-refractivity contribution < 1.29 is 4.74 Å². The number of H-pyrrole nitrogens is 1. The molecular formula is C15H13N3O. The normalized spacial score (nSPS) is 10.4. The molecule has 0 saturated heterocycles. The van der Waals surface area contributed by atoms with Gasteiger partial charge in [0.1, 0.15) is 17.3 Å². The largest absolute Gasteiger partial charge is 0.457 e. The van der Waals surface area contributed by atoms with Crippen LogP contribution in [0.4, 0.5) is 0 Å². The number of benzene rings is 2. The van der Waals surface area contributed by atoms with Crippen LogP contribution in [0.3, 0.4) is 0 Å². The van der Waals surface area contributed by atoms with E-state index in [2.05, 4.69) is 15.2 Å². The minimum Gasteiger partial charge on any atom is -0.457 e. The average molecular weight is 251 g/mol. The van der Waals surface area contributed by atoms with Gasteiger partial charge in [0.25, 0.3) is 0 Å². The highest BCUT2D eigenvalue weighted by Crippen LogP contribution is 2.30. The van der Waals surface area contributed by atoms with Crippen LogP contribution in [0.15, 0.2) is 54.6 Å². The third-order valence-electron chi connectivity index (χ3n) is 2.70. The Bertz CT molecular complexity index is 677. The lowest BCUT2D eigenvalue weighted by molar-refractivity contribution is 0.484. The number of hydrogen-bond acceptors (Lipinski definition) is 3. The maximum atomic E-state index is 5.88. The first kappa shape index (κ1) is 11.5. The molecule has 1 heterocycles. The fourth-order valence-corrected chi connectivity index (χ4v) is 1.82. The van der Waals surface area contributed by atoms with Crippen LogP contribution in [-0.4, -0.2) is 15.2 Å². The van der Waals surface area contributed by atoms with E-state index in [0.29, 0.717) is 5.82 Å². The lowest BCUT2D eigenvalue weighted by Gasteiger charge is -2.08. The van der Waals surface area contributed by atoms with E-state index < -0.39 is 0 Å². The second kappa shape index (κ2) is 4.94. The molecule has 19 heavy (non-hydrogen) atoms. The molecule has 0 aliphatic heterocycles. The van der Waals surface area contributed by atoms with Gasteiger partial charge in [-0.2, -0.15) is 5.10 Å². The Labute approximate surface area is 111 Å². The van der Waals surface area contributed by atoms with Crippen LogP contribution in [0.1, 0.15) is 5.82 Å². The number of nitrogens with one attached hydrogen (secondary N) is 1. The van der Waals surface area contributed by atoms with Crippen molar-refractivity contribution in [2.24, 2.45) is 0 Å². The molecular weight excluding hydrogens is 238 g/mol. The zero-order valence-corrected chi connectivity index (χ0v) is 10.5. The SMILES string of the molecule is Cc1nc(-c2ccccc2Oc2ccccc2)n[nH]1. The molecule has 3 rings (SSSR count). The Hall–Kier alpha value is -2.62. The molecule has 0 atom stereocenters. The quantitative estimate of drug-likeness (QED) is 0.774. The molecule has 0 unspecified atom stereocenters. The molecule has 2 aromatic carbocycles. The predicted octanol–water partition coefficient (Wildman–Crippen LogP) is 3.57. The highest BCUT2D eigenvalue weighted by Gasteiger charge is 2.10. The standard InChI is InChI=1S/C15H13N3O/c1-11-16-15(18-17-11)13-9-5-6-10-14(13)19-12-7-3-2-4-8-12/h2-10H,1H3,(H,16,17,18). The van der Waals surface area contributed by atoms with Gasteiger partial charge in [-0.3, -0.25) is 5.10 Å². The molecule has 0 bridgehead atoms. The van der Waals surface area contributed by atoms with Crippen molar-refractivity contribution >= 4 is 0 Å². The summed E-state index contributed by atoms with van der Waals surface area (Å²) in [5.74, 6) is 2.96. The summed E-state index contributed by atoms with van der Waals surface area (Å²) < 4.78 is 5.88. The van der Waals surface area contributed by atoms with Gasteiger partial charge >= 0.3 is 0 Å². The predicted molar refractivity (Wildman–Crippen MR) is 73.1 cm³/mol. The third-order valence-corrected chi connectivity index (χ3v) is 2.70. The fraction of sp³-hybridized carbons (Fsp3) is 0.0667. The first-order valence-corrected chi connectivity index (χ1v) is 6.04. The Morgan fingerprint density at radius 2 is 1.68 bits per heavy atom. The van der Waals surface area contributed by atoms with E-state index in [1.807, 2.05) is 61.5 Å². The van der Waals surface area contributed by atoms with Gasteiger partial charge in [-0.1, -0.05) is 30.3 Å². The average Bonchev–Trinajstić information content (AvgIpc) is 2.87. The van der Waals surface area contributed by atoms with E-state index in [1.165, 1.54) is 0 Å². The highest BCUT2D eigenvalue weighted by atomic mass is 16.5. The van der Waals surface area contributed by atoms with Crippen molar-refractivity contribution in [1.29, 1.82) is 0 Å². The third kappa shape index (κ3) is 2.47. The number of ether oxygens (including phenoxy) is 1. The van der Waals surface area contributed by atoms with Crippen LogP contribution in [0, 0.1) is 6.92 Å². The maximum absolute atomic E-state index is 5.88. The zero-order chi connectivity index (χ0) is 13.1. The number of aryl methyl sites for hydroxylation is 1. The van der Waals surface area contributed by atoms with Crippen LogP contribution in [0.5, 0.6) is 11.5 Å². The Morgan fingerprint density at radius 1 is 0.947 bits per heavy atom. The topological polar surface area (TPSA) is 50.8 Å². The zero-order valence-electron chi connectivity index (χ0n) is 10.5. The number of para-hydroxylation sites is 2. The molecule has 0 saturated carbocycles. The van der Waals surface area contributed by atoms with Crippen molar-refractivity contribution in [3.8, 4) is 22.9 Å². The molecule has 0 aliphatic carbocycles. The highest BCUT2D eigenvalue weighted by molar-refractivity contribution is 5.64.